The van der Waals surface area contributed by atoms with Gasteiger partial charge in [-0.2, -0.15) is 0 Å². The molecule has 0 radical (unpaired) electrons. The van der Waals surface area contributed by atoms with E-state index >= 15 is 0 Å². The summed E-state index contributed by atoms with van der Waals surface area (Å²) >= 11 is 5.90. The number of guanidine groups is 1. The van der Waals surface area contributed by atoms with Crippen LogP contribution in [0.2, 0.25) is 5.02 Å². The van der Waals surface area contributed by atoms with E-state index in [1.807, 2.05) is 42.7 Å². The molecule has 5 nitrogen and oxygen atoms in total. The lowest BCUT2D eigenvalue weighted by atomic mass is 10.3. The largest absolute Gasteiger partial charge is 0.492 e. The summed E-state index contributed by atoms with van der Waals surface area (Å²) in [5.74, 6) is 1.53. The number of hydrogen-bond acceptors (Lipinski definition) is 2. The molecule has 0 amide bonds. The van der Waals surface area contributed by atoms with Crippen molar-refractivity contribution in [2.75, 3.05) is 26.7 Å². The Kier molecular flexibility index (Phi) is 6.64. The molecule has 1 heterocycles. The van der Waals surface area contributed by atoms with E-state index in [1.54, 1.807) is 13.1 Å². The molecule has 2 N–H and O–H groups in total. The van der Waals surface area contributed by atoms with Gasteiger partial charge in [0.15, 0.2) is 5.96 Å². The molecular weight excluding hydrogens is 300 g/mol. The minimum atomic E-state index is 0.540. The van der Waals surface area contributed by atoms with Crippen LogP contribution in [0.3, 0.4) is 0 Å². The first-order valence-electron chi connectivity index (χ1n) is 7.21. The lowest BCUT2D eigenvalue weighted by Gasteiger charge is -2.13. The fourth-order valence-electron chi connectivity index (χ4n) is 1.94. The smallest absolute Gasteiger partial charge is 0.191 e. The van der Waals surface area contributed by atoms with Crippen molar-refractivity contribution in [3.05, 3.63) is 53.8 Å². The summed E-state index contributed by atoms with van der Waals surface area (Å²) in [4.78, 5) is 4.17. The Balaban J connectivity index is 1.62. The summed E-state index contributed by atoms with van der Waals surface area (Å²) in [7, 11) is 1.75. The van der Waals surface area contributed by atoms with Crippen LogP contribution >= 0.6 is 11.6 Å². The standard InChI is InChI=1S/C16H21ClN4O/c1-18-16(19-7-11-21-9-2-3-10-21)20-8-12-22-15-6-4-5-14(17)13-15/h2-6,9-10,13H,7-8,11-12H2,1H3,(H2,18,19,20). The summed E-state index contributed by atoms with van der Waals surface area (Å²) < 4.78 is 7.72. The fraction of sp³-hybridized carbons (Fsp3) is 0.312. The van der Waals surface area contributed by atoms with Gasteiger partial charge in [-0.05, 0) is 30.3 Å². The van der Waals surface area contributed by atoms with Crippen molar-refractivity contribution in [1.29, 1.82) is 0 Å². The van der Waals surface area contributed by atoms with Gasteiger partial charge in [0.2, 0.25) is 0 Å². The highest BCUT2D eigenvalue weighted by Crippen LogP contribution is 2.16. The van der Waals surface area contributed by atoms with Crippen molar-refractivity contribution in [3.63, 3.8) is 0 Å². The SMILES string of the molecule is CN=C(NCCOc1cccc(Cl)c1)NCCn1cccc1. The van der Waals surface area contributed by atoms with E-state index in [9.17, 15) is 0 Å². The number of halogens is 1. The van der Waals surface area contributed by atoms with E-state index in [1.165, 1.54) is 0 Å². The van der Waals surface area contributed by atoms with Crippen molar-refractivity contribution in [1.82, 2.24) is 15.2 Å². The second kappa shape index (κ2) is 9.00. The molecule has 0 aliphatic heterocycles. The Morgan fingerprint density at radius 2 is 1.95 bits per heavy atom. The van der Waals surface area contributed by atoms with Crippen LogP contribution in [-0.4, -0.2) is 37.3 Å². The van der Waals surface area contributed by atoms with Crippen LogP contribution in [0.4, 0.5) is 0 Å². The molecule has 2 aromatic rings. The van der Waals surface area contributed by atoms with Gasteiger partial charge in [0.05, 0.1) is 6.54 Å². The predicted octanol–water partition coefficient (Wildman–Crippen LogP) is 2.39. The highest BCUT2D eigenvalue weighted by molar-refractivity contribution is 6.30. The zero-order chi connectivity index (χ0) is 15.6. The maximum atomic E-state index is 5.90. The Bertz CT molecular complexity index is 584. The van der Waals surface area contributed by atoms with E-state index < -0.39 is 0 Å². The van der Waals surface area contributed by atoms with Crippen LogP contribution in [0.1, 0.15) is 0 Å². The van der Waals surface area contributed by atoms with Gasteiger partial charge in [-0.15, -0.1) is 0 Å². The normalized spacial score (nSPS) is 11.3. The van der Waals surface area contributed by atoms with Crippen LogP contribution in [0.15, 0.2) is 53.8 Å². The van der Waals surface area contributed by atoms with Gasteiger partial charge in [-0.3, -0.25) is 4.99 Å². The molecule has 1 aromatic heterocycles. The van der Waals surface area contributed by atoms with Crippen molar-refractivity contribution < 1.29 is 4.74 Å². The fourth-order valence-corrected chi connectivity index (χ4v) is 2.12. The molecule has 0 atom stereocenters. The second-order valence-electron chi connectivity index (χ2n) is 4.65. The van der Waals surface area contributed by atoms with Crippen LogP contribution in [-0.2, 0) is 6.54 Å². The molecule has 0 saturated carbocycles. The molecule has 0 aliphatic rings. The number of aromatic nitrogens is 1. The van der Waals surface area contributed by atoms with E-state index in [0.29, 0.717) is 18.2 Å². The molecule has 1 aromatic carbocycles. The second-order valence-corrected chi connectivity index (χ2v) is 5.09. The van der Waals surface area contributed by atoms with Crippen molar-refractivity contribution >= 4 is 17.6 Å². The molecule has 0 unspecified atom stereocenters. The number of hydrogen-bond donors (Lipinski definition) is 2. The number of ether oxygens (including phenoxy) is 1. The maximum absolute atomic E-state index is 5.90. The number of aliphatic imine (C=N–C) groups is 1. The quantitative estimate of drug-likeness (QED) is 0.468. The molecule has 118 valence electrons. The van der Waals surface area contributed by atoms with Gasteiger partial charge in [-0.25, -0.2) is 0 Å². The molecule has 0 fully saturated rings. The summed E-state index contributed by atoms with van der Waals surface area (Å²) in [6.07, 6.45) is 4.08. The number of rotatable bonds is 7. The van der Waals surface area contributed by atoms with Crippen molar-refractivity contribution in [2.45, 2.75) is 6.54 Å². The Morgan fingerprint density at radius 1 is 1.18 bits per heavy atom. The van der Waals surface area contributed by atoms with E-state index in [0.717, 1.165) is 24.8 Å². The maximum Gasteiger partial charge on any atom is 0.191 e. The molecule has 0 aliphatic carbocycles. The van der Waals surface area contributed by atoms with Crippen LogP contribution in [0.5, 0.6) is 5.75 Å². The summed E-state index contributed by atoms with van der Waals surface area (Å²) in [5.41, 5.74) is 0. The molecule has 6 heteroatoms. The van der Waals surface area contributed by atoms with Crippen molar-refractivity contribution in [3.8, 4) is 5.75 Å². The van der Waals surface area contributed by atoms with Gasteiger partial charge in [-0.1, -0.05) is 17.7 Å². The van der Waals surface area contributed by atoms with Crippen molar-refractivity contribution in [2.24, 2.45) is 4.99 Å². The Morgan fingerprint density at radius 3 is 2.68 bits per heavy atom. The molecule has 0 saturated heterocycles. The first-order chi connectivity index (χ1) is 10.8. The van der Waals surface area contributed by atoms with Crippen LogP contribution in [0, 0.1) is 0 Å². The van der Waals surface area contributed by atoms with Gasteiger partial charge < -0.3 is 19.9 Å². The first-order valence-corrected chi connectivity index (χ1v) is 7.59. The monoisotopic (exact) mass is 320 g/mol. The zero-order valence-corrected chi connectivity index (χ0v) is 13.4. The predicted molar refractivity (Wildman–Crippen MR) is 90.7 cm³/mol. The summed E-state index contributed by atoms with van der Waals surface area (Å²) in [6.45, 7) is 2.91. The van der Waals surface area contributed by atoms with Gasteiger partial charge >= 0.3 is 0 Å². The number of nitrogens with zero attached hydrogens (tertiary/aromatic N) is 2. The third-order valence-electron chi connectivity index (χ3n) is 3.01. The lowest BCUT2D eigenvalue weighted by molar-refractivity contribution is 0.322. The number of nitrogens with one attached hydrogen (secondary N) is 2. The first kappa shape index (κ1) is 16.2. The lowest BCUT2D eigenvalue weighted by Crippen LogP contribution is -2.40. The Hall–Kier alpha value is -2.14. The average Bonchev–Trinajstić information content (AvgIpc) is 3.03. The summed E-state index contributed by atoms with van der Waals surface area (Å²) in [6, 6.07) is 11.4. The van der Waals surface area contributed by atoms with E-state index in [-0.39, 0.29) is 0 Å². The molecule has 0 bridgehead atoms. The number of benzene rings is 1. The van der Waals surface area contributed by atoms with E-state index in [2.05, 4.69) is 20.2 Å². The van der Waals surface area contributed by atoms with E-state index in [4.69, 9.17) is 16.3 Å². The average molecular weight is 321 g/mol. The third kappa shape index (κ3) is 5.69. The molecule has 22 heavy (non-hydrogen) atoms. The minimum Gasteiger partial charge on any atom is -0.492 e. The molecule has 0 spiro atoms. The van der Waals surface area contributed by atoms with Crippen LogP contribution in [0.25, 0.3) is 0 Å². The third-order valence-corrected chi connectivity index (χ3v) is 3.25. The summed E-state index contributed by atoms with van der Waals surface area (Å²) in [5, 5.41) is 7.14. The Labute approximate surface area is 136 Å². The van der Waals surface area contributed by atoms with Gasteiger partial charge in [0.25, 0.3) is 0 Å². The van der Waals surface area contributed by atoms with Crippen LogP contribution < -0.4 is 15.4 Å². The minimum absolute atomic E-state index is 0.540. The highest BCUT2D eigenvalue weighted by atomic mass is 35.5. The van der Waals surface area contributed by atoms with Gasteiger partial charge in [0.1, 0.15) is 12.4 Å². The zero-order valence-electron chi connectivity index (χ0n) is 12.6. The topological polar surface area (TPSA) is 50.6 Å². The van der Waals surface area contributed by atoms with Gasteiger partial charge in [0, 0.05) is 37.6 Å². The highest BCUT2D eigenvalue weighted by Gasteiger charge is 1.98. The molecular formula is C16H21ClN4O. The molecule has 2 rings (SSSR count).